The molecule has 0 fully saturated rings. The predicted octanol–water partition coefficient (Wildman–Crippen LogP) is 15.6. The van der Waals surface area contributed by atoms with Gasteiger partial charge in [-0.15, -0.1) is 0 Å². The van der Waals surface area contributed by atoms with Crippen LogP contribution in [-0.4, -0.2) is 68.5 Å². The minimum Gasteiger partial charge on any atom is -0.756 e. The summed E-state index contributed by atoms with van der Waals surface area (Å²) >= 11 is 0. The van der Waals surface area contributed by atoms with E-state index in [9.17, 15) is 19.4 Å². The molecule has 0 aliphatic heterocycles. The highest BCUT2D eigenvalue weighted by Gasteiger charge is 2.23. The third kappa shape index (κ3) is 48.6. The molecule has 0 aromatic carbocycles. The Kier molecular flexibility index (Phi) is 45.9. The van der Waals surface area contributed by atoms with Crippen LogP contribution in [0.25, 0.3) is 0 Å². The number of rotatable bonds is 50. The number of aliphatic hydroxyl groups excluding tert-OH is 1. The molecule has 0 aromatic rings. The number of phosphoric ester groups is 1. The maximum atomic E-state index is 12.9. The number of carbonyl (C=O) groups excluding carboxylic acids is 1. The molecular weight excluding hydrogens is 816 g/mol. The first-order valence-corrected chi connectivity index (χ1v) is 28.8. The number of allylic oxidation sites excluding steroid dienone is 5. The summed E-state index contributed by atoms with van der Waals surface area (Å²) in [7, 11) is 1.24. The predicted molar refractivity (Wildman–Crippen MR) is 275 cm³/mol. The highest BCUT2D eigenvalue weighted by Crippen LogP contribution is 2.38. The van der Waals surface area contributed by atoms with Crippen LogP contribution in [0.5, 0.6) is 0 Å². The molecule has 3 atom stereocenters. The van der Waals surface area contributed by atoms with Crippen molar-refractivity contribution in [3.05, 3.63) is 36.5 Å². The van der Waals surface area contributed by atoms with Gasteiger partial charge in [0.25, 0.3) is 7.82 Å². The van der Waals surface area contributed by atoms with Crippen molar-refractivity contribution < 1.29 is 32.9 Å². The first kappa shape index (κ1) is 62.7. The topological polar surface area (TPSA) is 108 Å². The molecule has 0 saturated carbocycles. The van der Waals surface area contributed by atoms with Crippen LogP contribution in [0.4, 0.5) is 0 Å². The second kappa shape index (κ2) is 46.8. The molecule has 0 saturated heterocycles. The molecule has 9 heteroatoms. The molecule has 0 radical (unpaired) electrons. The van der Waals surface area contributed by atoms with Crippen LogP contribution in [0.15, 0.2) is 36.5 Å². The molecule has 8 nitrogen and oxygen atoms in total. The summed E-state index contributed by atoms with van der Waals surface area (Å²) in [5.74, 6) is -0.210. The van der Waals surface area contributed by atoms with Gasteiger partial charge in [0, 0.05) is 6.42 Å². The number of aliphatic hydroxyl groups is 1. The van der Waals surface area contributed by atoms with Gasteiger partial charge >= 0.3 is 0 Å². The highest BCUT2D eigenvalue weighted by atomic mass is 31.2. The van der Waals surface area contributed by atoms with Gasteiger partial charge in [-0.3, -0.25) is 9.36 Å². The molecule has 0 spiro atoms. The molecule has 2 N–H and O–H groups in total. The van der Waals surface area contributed by atoms with Crippen LogP contribution in [0.1, 0.15) is 258 Å². The molecule has 1 amide bonds. The number of nitrogens with zero attached hydrogens (tertiary/aromatic N) is 1. The van der Waals surface area contributed by atoms with Crippen LogP contribution in [0, 0.1) is 0 Å². The minimum atomic E-state index is -4.60. The summed E-state index contributed by atoms with van der Waals surface area (Å²) in [6.07, 6.45) is 59.5. The minimum absolute atomic E-state index is 0.00768. The third-order valence-corrected chi connectivity index (χ3v) is 13.3. The fraction of sp³-hybridized carbons (Fsp3) is 0.873. The van der Waals surface area contributed by atoms with Crippen molar-refractivity contribution in [3.8, 4) is 0 Å². The smallest absolute Gasteiger partial charge is 0.268 e. The van der Waals surface area contributed by atoms with Gasteiger partial charge in [0.15, 0.2) is 0 Å². The van der Waals surface area contributed by atoms with Gasteiger partial charge in [-0.1, -0.05) is 243 Å². The highest BCUT2D eigenvalue weighted by molar-refractivity contribution is 7.45. The van der Waals surface area contributed by atoms with Gasteiger partial charge < -0.3 is 28.8 Å². The number of unbranched alkanes of at least 4 members (excludes halogenated alkanes) is 33. The van der Waals surface area contributed by atoms with Crippen LogP contribution in [-0.2, 0) is 18.4 Å². The Hall–Kier alpha value is -1.28. The molecule has 0 aliphatic rings. The lowest BCUT2D eigenvalue weighted by Gasteiger charge is -2.29. The Bertz CT molecular complexity index is 1140. The van der Waals surface area contributed by atoms with Gasteiger partial charge in [0.05, 0.1) is 39.9 Å². The van der Waals surface area contributed by atoms with Gasteiger partial charge in [-0.25, -0.2) is 0 Å². The number of carbonyl (C=O) groups is 1. The van der Waals surface area contributed by atoms with E-state index in [1.54, 1.807) is 6.08 Å². The normalized spacial score (nSPS) is 14.3. The van der Waals surface area contributed by atoms with E-state index in [-0.39, 0.29) is 12.5 Å². The quantitative estimate of drug-likeness (QED) is 0.0272. The van der Waals surface area contributed by atoms with Crippen LogP contribution in [0.3, 0.4) is 0 Å². The van der Waals surface area contributed by atoms with Crippen molar-refractivity contribution in [2.24, 2.45) is 0 Å². The van der Waals surface area contributed by atoms with Gasteiger partial charge in [-0.2, -0.15) is 0 Å². The average Bonchev–Trinajstić information content (AvgIpc) is 3.25. The number of phosphoric acid groups is 1. The lowest BCUT2D eigenvalue weighted by Crippen LogP contribution is -2.45. The van der Waals surface area contributed by atoms with Gasteiger partial charge in [0.1, 0.15) is 13.2 Å². The van der Waals surface area contributed by atoms with Gasteiger partial charge in [-0.05, 0) is 44.9 Å². The number of quaternary nitrogens is 1. The molecular formula is C55H107N2O6P. The van der Waals surface area contributed by atoms with Crippen molar-refractivity contribution in [1.29, 1.82) is 0 Å². The zero-order valence-corrected chi connectivity index (χ0v) is 43.9. The van der Waals surface area contributed by atoms with E-state index >= 15 is 0 Å². The summed E-state index contributed by atoms with van der Waals surface area (Å²) < 4.78 is 23.3. The van der Waals surface area contributed by atoms with Crippen LogP contribution >= 0.6 is 7.82 Å². The van der Waals surface area contributed by atoms with E-state index in [0.717, 1.165) is 44.9 Å². The van der Waals surface area contributed by atoms with E-state index in [1.807, 2.05) is 27.2 Å². The molecule has 0 heterocycles. The second-order valence-corrected chi connectivity index (χ2v) is 21.3. The summed E-state index contributed by atoms with van der Waals surface area (Å²) in [6, 6.07) is -0.906. The maximum absolute atomic E-state index is 12.9. The molecule has 64 heavy (non-hydrogen) atoms. The molecule has 0 aromatic heterocycles. The zero-order chi connectivity index (χ0) is 47.1. The molecule has 0 bridgehead atoms. The van der Waals surface area contributed by atoms with E-state index in [1.165, 1.54) is 193 Å². The van der Waals surface area contributed by atoms with E-state index < -0.39 is 26.6 Å². The molecule has 3 unspecified atom stereocenters. The Balaban J connectivity index is 4.22. The number of nitrogens with one attached hydrogen (secondary N) is 1. The van der Waals surface area contributed by atoms with E-state index in [2.05, 4.69) is 43.5 Å². The fourth-order valence-corrected chi connectivity index (χ4v) is 8.73. The summed E-state index contributed by atoms with van der Waals surface area (Å²) in [5.41, 5.74) is 0. The maximum Gasteiger partial charge on any atom is 0.268 e. The van der Waals surface area contributed by atoms with Crippen molar-refractivity contribution in [3.63, 3.8) is 0 Å². The first-order chi connectivity index (χ1) is 31.0. The summed E-state index contributed by atoms with van der Waals surface area (Å²) in [5, 5.41) is 13.8. The van der Waals surface area contributed by atoms with Crippen molar-refractivity contribution in [1.82, 2.24) is 5.32 Å². The number of hydrogen-bond donors (Lipinski definition) is 2. The first-order valence-electron chi connectivity index (χ1n) is 27.4. The van der Waals surface area contributed by atoms with Crippen molar-refractivity contribution >= 4 is 13.7 Å². The third-order valence-electron chi connectivity index (χ3n) is 12.3. The van der Waals surface area contributed by atoms with E-state index in [4.69, 9.17) is 9.05 Å². The standard InChI is InChI=1S/C55H107N2O6P/c1-6-8-10-12-14-16-18-20-21-22-23-24-25-26-27-28-29-30-31-32-33-34-35-37-38-40-42-44-46-48-54(58)53(52-63-64(60,61)62-51-50-57(3,4)5)56-55(59)49-47-45-43-41-39-36-19-17-15-13-11-9-7-2/h33-34,38,40,46,48,53-54,58H,6-32,35-37,39,41-45,47,49-52H2,1-5H3,(H-,56,59,60,61)/b34-33+,40-38+,48-46+. The Morgan fingerprint density at radius 2 is 0.875 bits per heavy atom. The Labute approximate surface area is 397 Å². The lowest BCUT2D eigenvalue weighted by molar-refractivity contribution is -0.870. The zero-order valence-electron chi connectivity index (χ0n) is 43.0. The van der Waals surface area contributed by atoms with Gasteiger partial charge in [0.2, 0.25) is 5.91 Å². The summed E-state index contributed by atoms with van der Waals surface area (Å²) in [4.78, 5) is 25.4. The van der Waals surface area contributed by atoms with Crippen molar-refractivity contribution in [2.75, 3.05) is 40.9 Å². The summed E-state index contributed by atoms with van der Waals surface area (Å²) in [6.45, 7) is 4.64. The largest absolute Gasteiger partial charge is 0.756 e. The van der Waals surface area contributed by atoms with Crippen LogP contribution in [0.2, 0.25) is 0 Å². The molecule has 378 valence electrons. The lowest BCUT2D eigenvalue weighted by atomic mass is 10.0. The Morgan fingerprint density at radius 3 is 1.27 bits per heavy atom. The molecule has 0 aliphatic carbocycles. The number of amides is 1. The molecule has 0 rings (SSSR count). The van der Waals surface area contributed by atoms with Crippen molar-refractivity contribution in [2.45, 2.75) is 270 Å². The second-order valence-electron chi connectivity index (χ2n) is 19.9. The Morgan fingerprint density at radius 1 is 0.531 bits per heavy atom. The average molecular weight is 923 g/mol. The fourth-order valence-electron chi connectivity index (χ4n) is 8.01. The van der Waals surface area contributed by atoms with E-state index in [0.29, 0.717) is 17.4 Å². The SMILES string of the molecule is CCCCCCCCCCCCCCCCCCCCC/C=C/CC/C=C/CC/C=C/C(O)C(COP(=O)([O-])OCC[N+](C)(C)C)NC(=O)CCCCCCCCCCCCCCC. The monoisotopic (exact) mass is 923 g/mol. The van der Waals surface area contributed by atoms with Crippen LogP contribution < -0.4 is 10.2 Å². The number of hydrogen-bond acceptors (Lipinski definition) is 6. The number of likely N-dealkylation sites (N-methyl/N-ethyl adjacent to an activating group) is 1.